The van der Waals surface area contributed by atoms with Gasteiger partial charge in [-0.3, -0.25) is 0 Å². The fourth-order valence-corrected chi connectivity index (χ4v) is 5.84. The summed E-state index contributed by atoms with van der Waals surface area (Å²) in [5.41, 5.74) is -0.642. The summed E-state index contributed by atoms with van der Waals surface area (Å²) in [7, 11) is -9.73. The number of sulfonamides is 1. The maximum Gasteiger partial charge on any atom is 0.335 e. The Morgan fingerprint density at radius 2 is 1.44 bits per heavy atom. The largest absolute Gasteiger partial charge is 0.478 e. The van der Waals surface area contributed by atoms with Crippen molar-refractivity contribution in [2.75, 3.05) is 17.6 Å². The van der Waals surface area contributed by atoms with Gasteiger partial charge in [-0.1, -0.05) is 51.2 Å². The highest BCUT2D eigenvalue weighted by atomic mass is 32.2. The minimum Gasteiger partial charge on any atom is -0.478 e. The molecule has 0 aliphatic heterocycles. The lowest BCUT2D eigenvalue weighted by Gasteiger charge is -2.17. The van der Waals surface area contributed by atoms with Crippen LogP contribution in [0.15, 0.2) is 34.1 Å². The van der Waals surface area contributed by atoms with Crippen LogP contribution < -0.4 is 10.5 Å². The van der Waals surface area contributed by atoms with E-state index in [1.165, 1.54) is 24.3 Å². The Kier molecular flexibility index (Phi) is 10.3. The van der Waals surface area contributed by atoms with Crippen molar-refractivity contribution in [3.05, 3.63) is 52.8 Å². The quantitative estimate of drug-likeness (QED) is 0.236. The number of sulfone groups is 1. The van der Waals surface area contributed by atoms with Crippen LogP contribution in [0.25, 0.3) is 0 Å². The van der Waals surface area contributed by atoms with Gasteiger partial charge in [-0.2, -0.15) is 0 Å². The standard InChI is InChI=1S/C23H29F3N2O6S2/c1-2-3-4-5-6-7-13-28-20-19(26)21(36(27,33)34)17(24)18(25)22(20)35(31,32)14-12-15-8-10-16(11-9-15)23(29)30/h8-11,28H,2-7,12-14H2,1H3,(H,29,30)(H2,27,33,34). The molecule has 36 heavy (non-hydrogen) atoms. The Labute approximate surface area is 208 Å². The number of hydrogen-bond donors (Lipinski definition) is 3. The van der Waals surface area contributed by atoms with Gasteiger partial charge in [-0.25, -0.2) is 39.9 Å². The smallest absolute Gasteiger partial charge is 0.335 e. The minimum absolute atomic E-state index is 0.0165. The first-order chi connectivity index (χ1) is 16.8. The lowest BCUT2D eigenvalue weighted by Crippen LogP contribution is -2.23. The van der Waals surface area contributed by atoms with Crippen molar-refractivity contribution < 1.29 is 39.9 Å². The van der Waals surface area contributed by atoms with Crippen LogP contribution in [-0.4, -0.2) is 40.2 Å². The number of primary sulfonamides is 1. The predicted molar refractivity (Wildman–Crippen MR) is 129 cm³/mol. The third-order valence-corrected chi connectivity index (χ3v) is 8.20. The molecule has 0 saturated heterocycles. The second-order valence-electron chi connectivity index (χ2n) is 8.29. The van der Waals surface area contributed by atoms with Crippen molar-refractivity contribution in [3.8, 4) is 0 Å². The van der Waals surface area contributed by atoms with Crippen LogP contribution in [0.2, 0.25) is 0 Å². The van der Waals surface area contributed by atoms with Gasteiger partial charge in [0.15, 0.2) is 32.2 Å². The molecule has 0 amide bonds. The first-order valence-corrected chi connectivity index (χ1v) is 14.5. The Morgan fingerprint density at radius 1 is 0.889 bits per heavy atom. The van der Waals surface area contributed by atoms with E-state index in [1.54, 1.807) is 0 Å². The van der Waals surface area contributed by atoms with Crippen molar-refractivity contribution in [1.82, 2.24) is 0 Å². The van der Waals surface area contributed by atoms with Gasteiger partial charge in [0.2, 0.25) is 10.0 Å². The zero-order valence-electron chi connectivity index (χ0n) is 19.7. The monoisotopic (exact) mass is 550 g/mol. The molecule has 2 aromatic rings. The summed E-state index contributed by atoms with van der Waals surface area (Å²) in [5, 5.41) is 16.2. The van der Waals surface area contributed by atoms with Gasteiger partial charge in [-0.15, -0.1) is 0 Å². The van der Waals surface area contributed by atoms with E-state index >= 15 is 4.39 Å². The molecule has 200 valence electrons. The van der Waals surface area contributed by atoms with Gasteiger partial charge in [0, 0.05) is 6.54 Å². The molecule has 0 atom stereocenters. The number of anilines is 1. The van der Waals surface area contributed by atoms with Crippen molar-refractivity contribution in [2.24, 2.45) is 5.14 Å². The SMILES string of the molecule is CCCCCCCCNc1c(F)c(S(N)(=O)=O)c(F)c(F)c1S(=O)(=O)CCc1ccc(C(=O)O)cc1. The number of hydrogen-bond acceptors (Lipinski definition) is 6. The molecular weight excluding hydrogens is 521 g/mol. The number of carbonyl (C=O) groups is 1. The number of carboxylic acid groups (broad SMARTS) is 1. The fraction of sp³-hybridized carbons (Fsp3) is 0.435. The van der Waals surface area contributed by atoms with Crippen LogP contribution in [0.5, 0.6) is 0 Å². The van der Waals surface area contributed by atoms with Crippen LogP contribution >= 0.6 is 0 Å². The highest BCUT2D eigenvalue weighted by Gasteiger charge is 2.36. The summed E-state index contributed by atoms with van der Waals surface area (Å²) in [6.07, 6.45) is 4.82. The van der Waals surface area contributed by atoms with Gasteiger partial charge in [0.1, 0.15) is 4.90 Å². The number of aromatic carboxylic acids is 1. The van der Waals surface area contributed by atoms with Gasteiger partial charge < -0.3 is 10.4 Å². The number of rotatable bonds is 14. The molecule has 0 radical (unpaired) electrons. The molecule has 0 saturated carbocycles. The minimum atomic E-state index is -5.06. The van der Waals surface area contributed by atoms with E-state index in [0.29, 0.717) is 18.4 Å². The number of aryl methyl sites for hydroxylation is 1. The first kappa shape index (κ1) is 29.6. The van der Waals surface area contributed by atoms with Crippen molar-refractivity contribution in [3.63, 3.8) is 0 Å². The second kappa shape index (κ2) is 12.5. The lowest BCUT2D eigenvalue weighted by molar-refractivity contribution is 0.0697. The van der Waals surface area contributed by atoms with E-state index in [0.717, 1.165) is 25.7 Å². The van der Waals surface area contributed by atoms with E-state index in [1.807, 2.05) is 6.92 Å². The highest BCUT2D eigenvalue weighted by molar-refractivity contribution is 7.91. The molecule has 8 nitrogen and oxygen atoms in total. The summed E-state index contributed by atoms with van der Waals surface area (Å²) in [4.78, 5) is 7.88. The zero-order chi connectivity index (χ0) is 27.1. The summed E-state index contributed by atoms with van der Waals surface area (Å²) >= 11 is 0. The number of nitrogens with two attached hydrogens (primary N) is 1. The molecule has 13 heteroatoms. The molecule has 2 aromatic carbocycles. The Hall–Kier alpha value is -2.64. The molecule has 0 heterocycles. The molecular formula is C23H29F3N2O6S2. The summed E-state index contributed by atoms with van der Waals surface area (Å²) in [6.45, 7) is 2.03. The van der Waals surface area contributed by atoms with Crippen molar-refractivity contribution >= 4 is 31.5 Å². The number of halogens is 3. The molecule has 0 aliphatic rings. The zero-order valence-corrected chi connectivity index (χ0v) is 21.3. The lowest BCUT2D eigenvalue weighted by atomic mass is 10.1. The maximum atomic E-state index is 15.1. The van der Waals surface area contributed by atoms with Gasteiger partial charge in [-0.05, 0) is 30.5 Å². The Balaban J connectivity index is 2.39. The summed E-state index contributed by atoms with van der Waals surface area (Å²) in [5.74, 6) is -8.04. The third-order valence-electron chi connectivity index (χ3n) is 5.53. The highest BCUT2D eigenvalue weighted by Crippen LogP contribution is 2.35. The molecule has 0 fully saturated rings. The van der Waals surface area contributed by atoms with E-state index in [2.05, 4.69) is 5.32 Å². The van der Waals surface area contributed by atoms with Gasteiger partial charge in [0.25, 0.3) is 0 Å². The van der Waals surface area contributed by atoms with E-state index in [9.17, 15) is 30.4 Å². The Morgan fingerprint density at radius 3 is 2.00 bits per heavy atom. The molecule has 0 aliphatic carbocycles. The molecule has 0 spiro atoms. The number of benzene rings is 2. The predicted octanol–water partition coefficient (Wildman–Crippen LogP) is 4.24. The van der Waals surface area contributed by atoms with E-state index in [4.69, 9.17) is 10.2 Å². The third kappa shape index (κ3) is 7.43. The van der Waals surface area contributed by atoms with Crippen LogP contribution in [0.3, 0.4) is 0 Å². The maximum absolute atomic E-state index is 15.1. The first-order valence-electron chi connectivity index (χ1n) is 11.3. The van der Waals surface area contributed by atoms with Gasteiger partial charge in [0.05, 0.1) is 17.0 Å². The van der Waals surface area contributed by atoms with Crippen LogP contribution in [-0.2, 0) is 26.3 Å². The molecule has 0 aromatic heterocycles. The number of unbranched alkanes of at least 4 members (excludes halogenated alkanes) is 5. The molecule has 0 bridgehead atoms. The van der Waals surface area contributed by atoms with Gasteiger partial charge >= 0.3 is 5.97 Å². The van der Waals surface area contributed by atoms with Crippen molar-refractivity contribution in [1.29, 1.82) is 0 Å². The number of carboxylic acids is 1. The average molecular weight is 551 g/mol. The Bertz CT molecular complexity index is 1300. The average Bonchev–Trinajstić information content (AvgIpc) is 2.79. The number of nitrogens with one attached hydrogen (secondary N) is 1. The van der Waals surface area contributed by atoms with Crippen molar-refractivity contribution in [2.45, 2.75) is 61.7 Å². The summed E-state index contributed by atoms with van der Waals surface area (Å²) in [6, 6.07) is 5.22. The van der Waals surface area contributed by atoms with Crippen LogP contribution in [0, 0.1) is 17.5 Å². The van der Waals surface area contributed by atoms with Crippen LogP contribution in [0.1, 0.15) is 61.4 Å². The molecule has 4 N–H and O–H groups in total. The molecule has 2 rings (SSSR count). The van der Waals surface area contributed by atoms with Crippen LogP contribution in [0.4, 0.5) is 18.9 Å². The topological polar surface area (TPSA) is 144 Å². The fourth-order valence-electron chi connectivity index (χ4n) is 3.61. The second-order valence-corrected chi connectivity index (χ2v) is 11.8. The van der Waals surface area contributed by atoms with E-state index < -0.39 is 64.5 Å². The summed E-state index contributed by atoms with van der Waals surface area (Å²) < 4.78 is 94.1. The van der Waals surface area contributed by atoms with E-state index in [-0.39, 0.29) is 18.5 Å². The molecule has 0 unspecified atom stereocenters. The normalized spacial score (nSPS) is 12.0.